The van der Waals surface area contributed by atoms with Gasteiger partial charge in [-0.3, -0.25) is 0 Å². The summed E-state index contributed by atoms with van der Waals surface area (Å²) < 4.78 is 15.9. The van der Waals surface area contributed by atoms with Crippen LogP contribution >= 0.6 is 60.8 Å². The van der Waals surface area contributed by atoms with E-state index in [4.69, 9.17) is 13.1 Å². The number of ether oxygens (including phenoxy) is 1. The summed E-state index contributed by atoms with van der Waals surface area (Å²) in [5, 5.41) is 11.1. The van der Waals surface area contributed by atoms with E-state index in [1.54, 1.807) is 12.1 Å². The first kappa shape index (κ1) is 22.0. The number of hydrogen-bond donors (Lipinski definition) is 1. The maximum Gasteiger partial charge on any atom is 0.337 e. The lowest BCUT2D eigenvalue weighted by Gasteiger charge is -2.43. The Balaban J connectivity index is 2.08. The Morgan fingerprint density at radius 3 is 2.04 bits per heavy atom. The van der Waals surface area contributed by atoms with E-state index >= 15 is 0 Å². The molecule has 1 fully saturated rings. The third-order valence-corrected chi connectivity index (χ3v) is 6.74. The van der Waals surface area contributed by atoms with Crippen molar-refractivity contribution in [1.29, 1.82) is 0 Å². The van der Waals surface area contributed by atoms with Crippen molar-refractivity contribution in [2.75, 3.05) is 20.3 Å². The van der Waals surface area contributed by atoms with E-state index in [0.29, 0.717) is 31.6 Å². The van der Waals surface area contributed by atoms with Gasteiger partial charge in [0.05, 0.1) is 49.9 Å². The van der Waals surface area contributed by atoms with Crippen LogP contribution in [0.3, 0.4) is 0 Å². The molecule has 9 heteroatoms. The molecular formula is C16H20I2O5S2. The van der Waals surface area contributed by atoms with Crippen molar-refractivity contribution in [3.8, 4) is 0 Å². The molecular weight excluding hydrogens is 590 g/mol. The second-order valence-corrected chi connectivity index (χ2v) is 9.13. The van der Waals surface area contributed by atoms with Crippen LogP contribution in [-0.2, 0) is 18.7 Å². The first-order chi connectivity index (χ1) is 12.0. The van der Waals surface area contributed by atoms with Crippen LogP contribution in [0, 0.1) is 5.41 Å². The summed E-state index contributed by atoms with van der Waals surface area (Å²) >= 11 is 4.23. The fourth-order valence-corrected chi connectivity index (χ4v) is 4.49. The molecule has 5 nitrogen and oxygen atoms in total. The molecule has 1 aliphatic rings. The highest BCUT2D eigenvalue weighted by atomic mass is 127. The number of benzene rings is 1. The SMILES string of the molecule is COC(=O)c1ccc(C2(O)CCC(COSI)(COSI)CC2)cc1. The highest BCUT2D eigenvalue weighted by molar-refractivity contribution is 14.2. The molecule has 2 rings (SSSR count). The summed E-state index contributed by atoms with van der Waals surface area (Å²) in [6, 6.07) is 7.03. The molecule has 0 bridgehead atoms. The lowest BCUT2D eigenvalue weighted by Crippen LogP contribution is -2.41. The number of methoxy groups -OCH3 is 1. The molecule has 25 heavy (non-hydrogen) atoms. The minimum atomic E-state index is -0.882. The van der Waals surface area contributed by atoms with E-state index in [1.807, 2.05) is 12.1 Å². The van der Waals surface area contributed by atoms with E-state index in [-0.39, 0.29) is 11.4 Å². The smallest absolute Gasteiger partial charge is 0.337 e. The van der Waals surface area contributed by atoms with Gasteiger partial charge in [-0.15, -0.1) is 0 Å². The van der Waals surface area contributed by atoms with Crippen LogP contribution < -0.4 is 0 Å². The van der Waals surface area contributed by atoms with Crippen LogP contribution in [0.1, 0.15) is 41.6 Å². The molecule has 0 spiro atoms. The van der Waals surface area contributed by atoms with Gasteiger partial charge in [0, 0.05) is 47.8 Å². The molecule has 0 aliphatic heterocycles. The zero-order valence-corrected chi connectivity index (χ0v) is 19.7. The molecule has 1 saturated carbocycles. The Bertz CT molecular complexity index is 552. The zero-order chi connectivity index (χ0) is 18.3. The van der Waals surface area contributed by atoms with Crippen molar-refractivity contribution in [3.63, 3.8) is 0 Å². The van der Waals surface area contributed by atoms with Gasteiger partial charge in [-0.25, -0.2) is 4.79 Å². The van der Waals surface area contributed by atoms with E-state index in [2.05, 4.69) is 42.4 Å². The largest absolute Gasteiger partial charge is 0.465 e. The zero-order valence-electron chi connectivity index (χ0n) is 13.7. The molecule has 0 heterocycles. The van der Waals surface area contributed by atoms with Crippen LogP contribution in [0.5, 0.6) is 0 Å². The molecule has 0 aromatic heterocycles. The Hall–Kier alpha value is 0.730. The van der Waals surface area contributed by atoms with Crippen molar-refractivity contribution >= 4 is 66.8 Å². The normalized spacial score (nSPS) is 18.7. The number of hydrogen-bond acceptors (Lipinski definition) is 7. The molecule has 0 atom stereocenters. The third kappa shape index (κ3) is 5.85. The maximum absolute atomic E-state index is 11.5. The van der Waals surface area contributed by atoms with Gasteiger partial charge in [0.1, 0.15) is 0 Å². The summed E-state index contributed by atoms with van der Waals surface area (Å²) in [5.74, 6) is -0.372. The molecule has 1 aliphatic carbocycles. The number of rotatable bonds is 8. The van der Waals surface area contributed by atoms with Crippen molar-refractivity contribution in [2.45, 2.75) is 31.3 Å². The van der Waals surface area contributed by atoms with Crippen LogP contribution in [0.4, 0.5) is 0 Å². The molecule has 140 valence electrons. The van der Waals surface area contributed by atoms with Crippen molar-refractivity contribution in [2.24, 2.45) is 5.41 Å². The van der Waals surface area contributed by atoms with Gasteiger partial charge in [-0.05, 0) is 43.4 Å². The second kappa shape index (κ2) is 10.3. The molecule has 0 unspecified atom stereocenters. The minimum absolute atomic E-state index is 0.0749. The predicted octanol–water partition coefficient (Wildman–Crippen LogP) is 5.25. The number of carbonyl (C=O) groups is 1. The second-order valence-electron chi connectivity index (χ2n) is 6.25. The van der Waals surface area contributed by atoms with Crippen molar-refractivity contribution < 1.29 is 23.0 Å². The van der Waals surface area contributed by atoms with Crippen LogP contribution in [0.15, 0.2) is 24.3 Å². The molecule has 1 aromatic carbocycles. The number of carbonyl (C=O) groups excluding carboxylic acids is 1. The van der Waals surface area contributed by atoms with Gasteiger partial charge < -0.3 is 18.2 Å². The Morgan fingerprint density at radius 2 is 1.60 bits per heavy atom. The van der Waals surface area contributed by atoms with Crippen LogP contribution in [0.2, 0.25) is 0 Å². The Kier molecular flexibility index (Phi) is 9.09. The summed E-state index contributed by atoms with van der Waals surface area (Å²) in [6.45, 7) is 1.21. The topological polar surface area (TPSA) is 65.0 Å². The number of halogens is 2. The Morgan fingerprint density at radius 1 is 1.08 bits per heavy atom. The lowest BCUT2D eigenvalue weighted by atomic mass is 9.67. The molecule has 1 aromatic rings. The summed E-state index contributed by atoms with van der Waals surface area (Å²) in [7, 11) is 4.02. The molecule has 0 amide bonds. The van der Waals surface area contributed by atoms with Gasteiger partial charge in [0.15, 0.2) is 0 Å². The van der Waals surface area contributed by atoms with Gasteiger partial charge in [-0.1, -0.05) is 12.1 Å². The van der Waals surface area contributed by atoms with Gasteiger partial charge in [0.25, 0.3) is 0 Å². The highest BCUT2D eigenvalue weighted by Gasteiger charge is 2.43. The van der Waals surface area contributed by atoms with Crippen LogP contribution in [0.25, 0.3) is 0 Å². The van der Waals surface area contributed by atoms with E-state index in [0.717, 1.165) is 18.4 Å². The summed E-state index contributed by atoms with van der Waals surface area (Å²) in [4.78, 5) is 11.5. The quantitative estimate of drug-likeness (QED) is 0.245. The van der Waals surface area contributed by atoms with Gasteiger partial charge in [-0.2, -0.15) is 0 Å². The monoisotopic (exact) mass is 610 g/mol. The average Bonchev–Trinajstić information content (AvgIpc) is 2.66. The van der Waals surface area contributed by atoms with Crippen molar-refractivity contribution in [3.05, 3.63) is 35.4 Å². The molecule has 0 radical (unpaired) electrons. The van der Waals surface area contributed by atoms with E-state index in [1.165, 1.54) is 25.5 Å². The summed E-state index contributed by atoms with van der Waals surface area (Å²) in [6.07, 6.45) is 2.90. The first-order valence-corrected chi connectivity index (χ1v) is 14.3. The fraction of sp³-hybridized carbons (Fsp3) is 0.562. The number of esters is 1. The van der Waals surface area contributed by atoms with E-state index < -0.39 is 5.60 Å². The van der Waals surface area contributed by atoms with Gasteiger partial charge >= 0.3 is 5.97 Å². The summed E-state index contributed by atoms with van der Waals surface area (Å²) in [5.41, 5.74) is 0.365. The highest BCUT2D eigenvalue weighted by Crippen LogP contribution is 2.47. The minimum Gasteiger partial charge on any atom is -0.465 e. The predicted molar refractivity (Wildman–Crippen MR) is 118 cm³/mol. The van der Waals surface area contributed by atoms with Gasteiger partial charge in [0.2, 0.25) is 0 Å². The van der Waals surface area contributed by atoms with Crippen LogP contribution in [-0.4, -0.2) is 31.4 Å². The number of aliphatic hydroxyl groups is 1. The third-order valence-electron chi connectivity index (χ3n) is 4.80. The molecule has 1 N–H and O–H groups in total. The first-order valence-electron chi connectivity index (χ1n) is 7.70. The average molecular weight is 610 g/mol. The fourth-order valence-electron chi connectivity index (χ4n) is 3.14. The lowest BCUT2D eigenvalue weighted by molar-refractivity contribution is -0.0594. The standard InChI is InChI=1S/C16H20I2O5S2/c1-21-14(19)12-2-4-13(5-3-12)16(20)8-6-15(7-9-16,10-22-24-17)11-23-25-18/h2-5,20H,6-11H2,1H3. The molecule has 0 saturated heterocycles. The Labute approximate surface area is 180 Å². The van der Waals surface area contributed by atoms with E-state index in [9.17, 15) is 9.90 Å². The maximum atomic E-state index is 11.5. The van der Waals surface area contributed by atoms with Crippen molar-refractivity contribution in [1.82, 2.24) is 0 Å².